The molecule has 0 unspecified atom stereocenters. The molecule has 0 bridgehead atoms. The third-order valence-corrected chi connectivity index (χ3v) is 2.55. The van der Waals surface area contributed by atoms with Crippen LogP contribution in [0.25, 0.3) is 0 Å². The van der Waals surface area contributed by atoms with E-state index in [1.807, 2.05) is 12.1 Å². The summed E-state index contributed by atoms with van der Waals surface area (Å²) in [4.78, 5) is 0. The Morgan fingerprint density at radius 2 is 2.00 bits per heavy atom. The largest absolute Gasteiger partial charge is 0.469 e. The molecule has 0 aromatic carbocycles. The van der Waals surface area contributed by atoms with E-state index in [0.717, 1.165) is 25.0 Å². The highest BCUT2D eigenvalue weighted by Crippen LogP contribution is 2.10. The van der Waals surface area contributed by atoms with E-state index in [0.29, 0.717) is 0 Å². The van der Waals surface area contributed by atoms with Crippen molar-refractivity contribution in [1.29, 1.82) is 0 Å². The summed E-state index contributed by atoms with van der Waals surface area (Å²) < 4.78 is 5.29. The van der Waals surface area contributed by atoms with Gasteiger partial charge in [-0.3, -0.25) is 0 Å². The van der Waals surface area contributed by atoms with Crippen molar-refractivity contribution >= 4 is 0 Å². The molecule has 0 radical (unpaired) electrons. The van der Waals surface area contributed by atoms with Gasteiger partial charge in [-0.25, -0.2) is 0 Å². The molecule has 1 heterocycles. The standard InChI is InChI=1S/C15H22O/c1-13(2)7-4-8-14(3)9-5-10-15-11-6-12-16-15/h6-7,9,11-12H,4-5,8,10H2,1-3H3. The van der Waals surface area contributed by atoms with Crippen LogP contribution in [0.3, 0.4) is 0 Å². The summed E-state index contributed by atoms with van der Waals surface area (Å²) in [5.74, 6) is 1.08. The first-order valence-electron chi connectivity index (χ1n) is 6.00. The average Bonchev–Trinajstić information content (AvgIpc) is 2.70. The molecule has 0 aliphatic rings. The summed E-state index contributed by atoms with van der Waals surface area (Å²) in [5, 5.41) is 0. The summed E-state index contributed by atoms with van der Waals surface area (Å²) in [6, 6.07) is 3.98. The van der Waals surface area contributed by atoms with Gasteiger partial charge in [-0.05, 0) is 52.2 Å². The lowest BCUT2D eigenvalue weighted by atomic mass is 10.1. The van der Waals surface area contributed by atoms with E-state index in [2.05, 4.69) is 32.9 Å². The molecule has 88 valence electrons. The Hall–Kier alpha value is -1.24. The molecule has 0 saturated carbocycles. The number of allylic oxidation sites excluding steroid dienone is 4. The highest BCUT2D eigenvalue weighted by Gasteiger charge is 1.94. The molecule has 1 aromatic rings. The van der Waals surface area contributed by atoms with Gasteiger partial charge in [-0.2, -0.15) is 0 Å². The number of hydrogen-bond donors (Lipinski definition) is 0. The van der Waals surface area contributed by atoms with Gasteiger partial charge in [0.15, 0.2) is 0 Å². The summed E-state index contributed by atoms with van der Waals surface area (Å²) in [6.07, 6.45) is 10.8. The lowest BCUT2D eigenvalue weighted by Gasteiger charge is -1.99. The van der Waals surface area contributed by atoms with Crippen molar-refractivity contribution in [3.05, 3.63) is 47.5 Å². The third-order valence-electron chi connectivity index (χ3n) is 2.55. The summed E-state index contributed by atoms with van der Waals surface area (Å²) >= 11 is 0. The van der Waals surface area contributed by atoms with Crippen molar-refractivity contribution in [2.45, 2.75) is 46.5 Å². The first-order chi connectivity index (χ1) is 7.68. The molecule has 0 aliphatic carbocycles. The van der Waals surface area contributed by atoms with Crippen molar-refractivity contribution in [1.82, 2.24) is 0 Å². The van der Waals surface area contributed by atoms with Crippen LogP contribution in [0.1, 0.15) is 45.8 Å². The highest BCUT2D eigenvalue weighted by atomic mass is 16.3. The van der Waals surface area contributed by atoms with E-state index in [-0.39, 0.29) is 0 Å². The lowest BCUT2D eigenvalue weighted by molar-refractivity contribution is 0.510. The van der Waals surface area contributed by atoms with Crippen molar-refractivity contribution in [3.63, 3.8) is 0 Å². The minimum Gasteiger partial charge on any atom is -0.469 e. The van der Waals surface area contributed by atoms with Crippen molar-refractivity contribution in [3.8, 4) is 0 Å². The molecule has 1 heteroatoms. The minimum atomic E-state index is 1.01. The van der Waals surface area contributed by atoms with Gasteiger partial charge in [-0.15, -0.1) is 0 Å². The monoisotopic (exact) mass is 218 g/mol. The average molecular weight is 218 g/mol. The van der Waals surface area contributed by atoms with Crippen LogP contribution in [0.15, 0.2) is 46.1 Å². The molecule has 16 heavy (non-hydrogen) atoms. The molecule has 0 spiro atoms. The molecule has 0 N–H and O–H groups in total. The fourth-order valence-corrected chi connectivity index (χ4v) is 1.61. The Morgan fingerprint density at radius 1 is 1.19 bits per heavy atom. The van der Waals surface area contributed by atoms with Gasteiger partial charge in [0.25, 0.3) is 0 Å². The van der Waals surface area contributed by atoms with E-state index in [1.54, 1.807) is 6.26 Å². The second kappa shape index (κ2) is 7.10. The van der Waals surface area contributed by atoms with E-state index >= 15 is 0 Å². The number of furan rings is 1. The maximum atomic E-state index is 5.29. The Balaban J connectivity index is 2.21. The predicted octanol–water partition coefficient (Wildman–Crippen LogP) is 4.90. The molecular formula is C15H22O. The highest BCUT2D eigenvalue weighted by molar-refractivity contribution is 5.04. The van der Waals surface area contributed by atoms with Crippen LogP contribution in [0.2, 0.25) is 0 Å². The van der Waals surface area contributed by atoms with E-state index < -0.39 is 0 Å². The first-order valence-corrected chi connectivity index (χ1v) is 6.00. The van der Waals surface area contributed by atoms with Gasteiger partial charge in [-0.1, -0.05) is 23.3 Å². The fraction of sp³-hybridized carbons (Fsp3) is 0.467. The van der Waals surface area contributed by atoms with E-state index in [1.165, 1.54) is 17.6 Å². The van der Waals surface area contributed by atoms with Crippen LogP contribution in [0, 0.1) is 0 Å². The Labute approximate surface area is 98.9 Å². The van der Waals surface area contributed by atoms with Crippen LogP contribution in [0.5, 0.6) is 0 Å². The molecular weight excluding hydrogens is 196 g/mol. The zero-order chi connectivity index (χ0) is 11.8. The topological polar surface area (TPSA) is 13.1 Å². The summed E-state index contributed by atoms with van der Waals surface area (Å²) in [7, 11) is 0. The normalized spacial score (nSPS) is 11.6. The number of hydrogen-bond acceptors (Lipinski definition) is 1. The van der Waals surface area contributed by atoms with Gasteiger partial charge < -0.3 is 4.42 Å². The molecule has 0 saturated heterocycles. The molecule has 0 fully saturated rings. The van der Waals surface area contributed by atoms with Gasteiger partial charge in [0, 0.05) is 6.42 Å². The molecule has 0 amide bonds. The van der Waals surface area contributed by atoms with Crippen molar-refractivity contribution in [2.75, 3.05) is 0 Å². The maximum absolute atomic E-state index is 5.29. The molecule has 0 atom stereocenters. The molecule has 1 rings (SSSR count). The Kier molecular flexibility index (Phi) is 5.69. The van der Waals surface area contributed by atoms with Crippen LogP contribution < -0.4 is 0 Å². The zero-order valence-electron chi connectivity index (χ0n) is 10.6. The third kappa shape index (κ3) is 5.59. The van der Waals surface area contributed by atoms with Gasteiger partial charge in [0.1, 0.15) is 5.76 Å². The number of rotatable bonds is 6. The van der Waals surface area contributed by atoms with Gasteiger partial charge >= 0.3 is 0 Å². The fourth-order valence-electron chi connectivity index (χ4n) is 1.61. The Bertz CT molecular complexity index is 338. The summed E-state index contributed by atoms with van der Waals surface area (Å²) in [6.45, 7) is 6.51. The van der Waals surface area contributed by atoms with Crippen LogP contribution in [0.4, 0.5) is 0 Å². The first kappa shape index (κ1) is 12.8. The van der Waals surface area contributed by atoms with Crippen LogP contribution in [-0.4, -0.2) is 0 Å². The number of aryl methyl sites for hydroxylation is 1. The SMILES string of the molecule is CC(C)=CCCC(C)=CCCc1ccco1. The van der Waals surface area contributed by atoms with Crippen LogP contribution >= 0.6 is 0 Å². The smallest absolute Gasteiger partial charge is 0.104 e. The second-order valence-corrected chi connectivity index (χ2v) is 4.49. The predicted molar refractivity (Wildman–Crippen MR) is 69.5 cm³/mol. The van der Waals surface area contributed by atoms with E-state index in [4.69, 9.17) is 4.42 Å². The van der Waals surface area contributed by atoms with Gasteiger partial charge in [0.2, 0.25) is 0 Å². The van der Waals surface area contributed by atoms with Crippen molar-refractivity contribution < 1.29 is 4.42 Å². The molecule has 0 aliphatic heterocycles. The zero-order valence-corrected chi connectivity index (χ0v) is 10.6. The quantitative estimate of drug-likeness (QED) is 0.619. The lowest BCUT2D eigenvalue weighted by Crippen LogP contribution is -1.81. The van der Waals surface area contributed by atoms with Crippen molar-refractivity contribution in [2.24, 2.45) is 0 Å². The Morgan fingerprint density at radius 3 is 2.62 bits per heavy atom. The van der Waals surface area contributed by atoms with E-state index in [9.17, 15) is 0 Å². The molecule has 1 aromatic heterocycles. The minimum absolute atomic E-state index is 1.01. The second-order valence-electron chi connectivity index (χ2n) is 4.49. The maximum Gasteiger partial charge on any atom is 0.104 e. The van der Waals surface area contributed by atoms with Crippen LogP contribution in [-0.2, 0) is 6.42 Å². The molecule has 1 nitrogen and oxygen atoms in total. The summed E-state index contributed by atoms with van der Waals surface area (Å²) in [5.41, 5.74) is 2.88. The van der Waals surface area contributed by atoms with Gasteiger partial charge in [0.05, 0.1) is 6.26 Å².